The molecule has 130 valence electrons. The summed E-state index contributed by atoms with van der Waals surface area (Å²) in [6.45, 7) is 6.20. The van der Waals surface area contributed by atoms with E-state index in [1.165, 1.54) is 0 Å². The standard InChI is InChI=1S/C18H22BrNO4/c1-4-7-20-14-6-5-11(19)8-12(14)18(23,16(20)22)13-10-24-17(2,3)9-15(13)21/h5-6,8,13,23H,4,7,9-10H2,1-3H3/t13-,18+/m0/s1. The number of Topliss-reactive ketones (excluding diaryl/α,β-unsaturated/α-hetero) is 1. The van der Waals surface area contributed by atoms with Gasteiger partial charge in [0.15, 0.2) is 5.60 Å². The molecule has 2 atom stereocenters. The first-order chi connectivity index (χ1) is 11.2. The molecule has 3 rings (SSSR count). The number of ketones is 1. The summed E-state index contributed by atoms with van der Waals surface area (Å²) in [5, 5.41) is 11.4. The zero-order valence-electron chi connectivity index (χ0n) is 14.1. The predicted octanol–water partition coefficient (Wildman–Crippen LogP) is 2.78. The van der Waals surface area contributed by atoms with E-state index in [1.54, 1.807) is 11.0 Å². The number of nitrogens with zero attached hydrogens (tertiary/aromatic N) is 1. The molecule has 1 amide bonds. The Morgan fingerprint density at radius 2 is 2.08 bits per heavy atom. The molecule has 0 saturated carbocycles. The highest BCUT2D eigenvalue weighted by molar-refractivity contribution is 9.10. The molecule has 1 N–H and O–H groups in total. The fraction of sp³-hybridized carbons (Fsp3) is 0.556. The van der Waals surface area contributed by atoms with Crippen LogP contribution in [-0.4, -0.2) is 35.5 Å². The maximum Gasteiger partial charge on any atom is 0.264 e. The first kappa shape index (κ1) is 17.6. The second kappa shape index (κ2) is 5.93. The molecule has 0 aromatic heterocycles. The summed E-state index contributed by atoms with van der Waals surface area (Å²) < 4.78 is 6.51. The van der Waals surface area contributed by atoms with Gasteiger partial charge in [-0.15, -0.1) is 0 Å². The Morgan fingerprint density at radius 3 is 2.71 bits per heavy atom. The molecule has 1 saturated heterocycles. The number of ether oxygens (including phenoxy) is 1. The third kappa shape index (κ3) is 2.61. The van der Waals surface area contributed by atoms with E-state index < -0.39 is 23.0 Å². The van der Waals surface area contributed by atoms with Crippen LogP contribution in [0.1, 0.15) is 39.2 Å². The third-order valence-corrected chi connectivity index (χ3v) is 5.31. The van der Waals surface area contributed by atoms with Gasteiger partial charge >= 0.3 is 0 Å². The van der Waals surface area contributed by atoms with Crippen LogP contribution in [-0.2, 0) is 19.9 Å². The van der Waals surface area contributed by atoms with Gasteiger partial charge in [-0.3, -0.25) is 9.59 Å². The lowest BCUT2D eigenvalue weighted by atomic mass is 9.76. The lowest BCUT2D eigenvalue weighted by Gasteiger charge is -2.39. The SMILES string of the molecule is CCCN1C(=O)[C@](O)([C@H]2COC(C)(C)CC2=O)c2cc(Br)ccc21. The highest BCUT2D eigenvalue weighted by Gasteiger charge is 2.58. The van der Waals surface area contributed by atoms with Crippen molar-refractivity contribution >= 4 is 33.3 Å². The fourth-order valence-electron chi connectivity index (χ4n) is 3.61. The smallest absolute Gasteiger partial charge is 0.264 e. The molecular weight excluding hydrogens is 374 g/mol. The van der Waals surface area contributed by atoms with Crippen molar-refractivity contribution in [2.75, 3.05) is 18.1 Å². The average Bonchev–Trinajstić information content (AvgIpc) is 2.69. The first-order valence-corrected chi connectivity index (χ1v) is 9.01. The molecule has 24 heavy (non-hydrogen) atoms. The van der Waals surface area contributed by atoms with Crippen molar-refractivity contribution in [2.24, 2.45) is 5.92 Å². The quantitative estimate of drug-likeness (QED) is 0.854. The maximum absolute atomic E-state index is 13.0. The Hall–Kier alpha value is -1.24. The Kier molecular flexibility index (Phi) is 4.35. The number of hydrogen-bond acceptors (Lipinski definition) is 4. The third-order valence-electron chi connectivity index (χ3n) is 4.81. The number of aliphatic hydroxyl groups is 1. The molecule has 0 unspecified atom stereocenters. The van der Waals surface area contributed by atoms with Crippen molar-refractivity contribution < 1.29 is 19.4 Å². The van der Waals surface area contributed by atoms with Crippen molar-refractivity contribution in [3.63, 3.8) is 0 Å². The van der Waals surface area contributed by atoms with Crippen molar-refractivity contribution in [3.8, 4) is 0 Å². The van der Waals surface area contributed by atoms with Gasteiger partial charge in [-0.1, -0.05) is 22.9 Å². The molecule has 6 heteroatoms. The minimum atomic E-state index is -1.86. The summed E-state index contributed by atoms with van der Waals surface area (Å²) in [5.41, 5.74) is -1.27. The summed E-state index contributed by atoms with van der Waals surface area (Å²) in [7, 11) is 0. The van der Waals surface area contributed by atoms with Crippen LogP contribution in [0.25, 0.3) is 0 Å². The van der Waals surface area contributed by atoms with Crippen molar-refractivity contribution in [2.45, 2.75) is 44.8 Å². The zero-order chi connectivity index (χ0) is 17.7. The summed E-state index contributed by atoms with van der Waals surface area (Å²) in [5.74, 6) is -1.45. The van der Waals surface area contributed by atoms with E-state index in [1.807, 2.05) is 32.9 Å². The van der Waals surface area contributed by atoms with Gasteiger partial charge in [-0.05, 0) is 38.5 Å². The van der Waals surface area contributed by atoms with Crippen molar-refractivity contribution in [3.05, 3.63) is 28.2 Å². The molecule has 5 nitrogen and oxygen atoms in total. The second-order valence-corrected chi connectivity index (χ2v) is 8.07. The summed E-state index contributed by atoms with van der Waals surface area (Å²) in [6, 6.07) is 5.38. The molecule has 2 aliphatic rings. The lowest BCUT2D eigenvalue weighted by Crippen LogP contribution is -2.54. The number of hydrogen-bond donors (Lipinski definition) is 1. The fourth-order valence-corrected chi connectivity index (χ4v) is 3.97. The Labute approximate surface area is 150 Å². The number of amides is 1. The highest BCUT2D eigenvalue weighted by atomic mass is 79.9. The largest absolute Gasteiger partial charge is 0.375 e. The van der Waals surface area contributed by atoms with Crippen LogP contribution in [0.2, 0.25) is 0 Å². The Balaban J connectivity index is 2.08. The van der Waals surface area contributed by atoms with Gasteiger partial charge in [0, 0.05) is 23.0 Å². The van der Waals surface area contributed by atoms with Gasteiger partial charge in [-0.2, -0.15) is 0 Å². The molecule has 0 aliphatic carbocycles. The number of fused-ring (bicyclic) bond motifs is 1. The van der Waals surface area contributed by atoms with Gasteiger partial charge in [-0.25, -0.2) is 0 Å². The number of halogens is 1. The Morgan fingerprint density at radius 1 is 1.38 bits per heavy atom. The number of anilines is 1. The molecule has 2 aliphatic heterocycles. The summed E-state index contributed by atoms with van der Waals surface area (Å²) >= 11 is 3.40. The maximum atomic E-state index is 13.0. The summed E-state index contributed by atoms with van der Waals surface area (Å²) in [4.78, 5) is 27.3. The molecule has 0 spiro atoms. The van der Waals surface area contributed by atoms with E-state index in [-0.39, 0.29) is 18.8 Å². The normalized spacial score (nSPS) is 29.0. The van der Waals surface area contributed by atoms with Gasteiger partial charge in [0.05, 0.1) is 23.8 Å². The molecule has 1 aromatic rings. The van der Waals surface area contributed by atoms with Gasteiger partial charge in [0.25, 0.3) is 5.91 Å². The highest BCUT2D eigenvalue weighted by Crippen LogP contribution is 2.48. The number of carbonyl (C=O) groups is 2. The van der Waals surface area contributed by atoms with Crippen LogP contribution in [0.3, 0.4) is 0 Å². The van der Waals surface area contributed by atoms with E-state index in [2.05, 4.69) is 15.9 Å². The van der Waals surface area contributed by atoms with Crippen LogP contribution in [0.5, 0.6) is 0 Å². The van der Waals surface area contributed by atoms with Crippen LogP contribution in [0.4, 0.5) is 5.69 Å². The number of rotatable bonds is 3. The van der Waals surface area contributed by atoms with E-state index in [4.69, 9.17) is 4.74 Å². The monoisotopic (exact) mass is 395 g/mol. The van der Waals surface area contributed by atoms with E-state index in [0.29, 0.717) is 17.8 Å². The molecule has 1 fully saturated rings. The Bertz CT molecular complexity index is 702. The van der Waals surface area contributed by atoms with Gasteiger partial charge < -0.3 is 14.7 Å². The average molecular weight is 396 g/mol. The predicted molar refractivity (Wildman–Crippen MR) is 93.8 cm³/mol. The first-order valence-electron chi connectivity index (χ1n) is 8.21. The molecule has 0 bridgehead atoms. The zero-order valence-corrected chi connectivity index (χ0v) is 15.7. The van der Waals surface area contributed by atoms with Crippen LogP contribution in [0.15, 0.2) is 22.7 Å². The molecule has 0 radical (unpaired) electrons. The van der Waals surface area contributed by atoms with Crippen LogP contribution < -0.4 is 4.90 Å². The lowest BCUT2D eigenvalue weighted by molar-refractivity contribution is -0.172. The molecule has 2 heterocycles. The minimum Gasteiger partial charge on any atom is -0.375 e. The number of benzene rings is 1. The minimum absolute atomic E-state index is 0.0417. The second-order valence-electron chi connectivity index (χ2n) is 7.15. The van der Waals surface area contributed by atoms with E-state index in [9.17, 15) is 14.7 Å². The van der Waals surface area contributed by atoms with Crippen LogP contribution >= 0.6 is 15.9 Å². The molecular formula is C18H22BrNO4. The van der Waals surface area contributed by atoms with Crippen LogP contribution in [0, 0.1) is 5.92 Å². The van der Waals surface area contributed by atoms with Crippen molar-refractivity contribution in [1.82, 2.24) is 0 Å². The van der Waals surface area contributed by atoms with Crippen molar-refractivity contribution in [1.29, 1.82) is 0 Å². The number of carbonyl (C=O) groups excluding carboxylic acids is 2. The summed E-state index contributed by atoms with van der Waals surface area (Å²) in [6.07, 6.45) is 0.948. The van der Waals surface area contributed by atoms with Gasteiger partial charge in [0.2, 0.25) is 0 Å². The van der Waals surface area contributed by atoms with E-state index >= 15 is 0 Å². The molecule has 1 aromatic carbocycles. The van der Waals surface area contributed by atoms with E-state index in [0.717, 1.165) is 10.9 Å². The topological polar surface area (TPSA) is 66.8 Å². The van der Waals surface area contributed by atoms with Gasteiger partial charge in [0.1, 0.15) is 5.78 Å².